The molecule has 0 N–H and O–H groups in total. The van der Waals surface area contributed by atoms with Crippen molar-refractivity contribution in [1.82, 2.24) is 24.6 Å². The quantitative estimate of drug-likeness (QED) is 0.611. The Labute approximate surface area is 182 Å². The zero-order chi connectivity index (χ0) is 20.5. The maximum atomic E-state index is 6.30. The average molecular weight is 423 g/mol. The zero-order valence-electron chi connectivity index (χ0n) is 17.3. The number of rotatable bonds is 2. The Hall–Kier alpha value is -2.44. The molecule has 6 nitrogen and oxygen atoms in total. The maximum Gasteiger partial charge on any atom is 0.151 e. The third kappa shape index (κ3) is 3.82. The van der Waals surface area contributed by atoms with Crippen LogP contribution in [0.25, 0.3) is 5.69 Å². The summed E-state index contributed by atoms with van der Waals surface area (Å²) in [5, 5.41) is 10.1. The molecule has 30 heavy (non-hydrogen) atoms. The van der Waals surface area contributed by atoms with Gasteiger partial charge in [-0.15, -0.1) is 10.2 Å². The van der Waals surface area contributed by atoms with Crippen molar-refractivity contribution in [2.24, 2.45) is 0 Å². The topological polar surface area (TPSA) is 50.1 Å². The fraction of sp³-hybridized carbons (Fsp3) is 0.435. The first kappa shape index (κ1) is 19.5. The van der Waals surface area contributed by atoms with Gasteiger partial charge in [0.15, 0.2) is 5.82 Å². The first-order chi connectivity index (χ1) is 14.7. The predicted molar refractivity (Wildman–Crippen MR) is 119 cm³/mol. The minimum absolute atomic E-state index is 0.420. The number of pyridine rings is 1. The molecule has 2 aliphatic rings. The van der Waals surface area contributed by atoms with Gasteiger partial charge in [-0.3, -0.25) is 9.47 Å². The van der Waals surface area contributed by atoms with Crippen LogP contribution in [0.3, 0.4) is 0 Å². The minimum Gasteiger partial charge on any atom is -0.357 e. The van der Waals surface area contributed by atoms with Crippen LogP contribution in [0, 0.1) is 0 Å². The second kappa shape index (κ2) is 8.36. The molecule has 0 atom stereocenters. The Bertz CT molecular complexity index is 1010. The second-order valence-corrected chi connectivity index (χ2v) is 8.85. The monoisotopic (exact) mass is 422 g/mol. The van der Waals surface area contributed by atoms with Crippen molar-refractivity contribution in [3.8, 4) is 5.69 Å². The van der Waals surface area contributed by atoms with Gasteiger partial charge in [-0.2, -0.15) is 0 Å². The second-order valence-electron chi connectivity index (χ2n) is 8.41. The summed E-state index contributed by atoms with van der Waals surface area (Å²) in [6.07, 6.45) is 6.34. The first-order valence-electron chi connectivity index (χ1n) is 10.8. The zero-order valence-corrected chi connectivity index (χ0v) is 18.1. The molecule has 0 bridgehead atoms. The van der Waals surface area contributed by atoms with Crippen molar-refractivity contribution in [2.75, 3.05) is 25.0 Å². The van der Waals surface area contributed by atoms with Gasteiger partial charge < -0.3 is 4.90 Å². The molecule has 3 aromatic rings. The molecule has 0 aliphatic carbocycles. The van der Waals surface area contributed by atoms with Gasteiger partial charge in [-0.05, 0) is 68.6 Å². The Morgan fingerprint density at radius 1 is 1.00 bits per heavy atom. The fourth-order valence-corrected chi connectivity index (χ4v) is 4.98. The molecule has 0 spiro atoms. The highest BCUT2D eigenvalue weighted by Crippen LogP contribution is 2.33. The highest BCUT2D eigenvalue weighted by atomic mass is 35.5. The third-order valence-corrected chi connectivity index (χ3v) is 6.42. The maximum absolute atomic E-state index is 6.30. The van der Waals surface area contributed by atoms with E-state index in [2.05, 4.69) is 55.8 Å². The SMILES string of the molecule is CN1Cc2cc(Cl)ccc2-n2c(nnc2C2CCCN(c3ccccn3)CCC2)C1. The molecule has 1 fully saturated rings. The Morgan fingerprint density at radius 2 is 1.83 bits per heavy atom. The van der Waals surface area contributed by atoms with Crippen LogP contribution in [0.1, 0.15) is 48.8 Å². The molecule has 7 heteroatoms. The summed E-state index contributed by atoms with van der Waals surface area (Å²) in [7, 11) is 2.12. The lowest BCUT2D eigenvalue weighted by Crippen LogP contribution is -2.29. The van der Waals surface area contributed by atoms with E-state index < -0.39 is 0 Å². The summed E-state index contributed by atoms with van der Waals surface area (Å²) in [5.74, 6) is 3.63. The van der Waals surface area contributed by atoms with Crippen LogP contribution in [-0.2, 0) is 13.1 Å². The standard InChI is InChI=1S/C23H27ClN6/c1-28-15-18-14-19(24)9-10-20(18)30-22(16-28)26-27-23(30)17-6-4-12-29(13-5-7-17)21-8-2-3-11-25-21/h2-3,8-11,14,17H,4-7,12-13,15-16H2,1H3. The summed E-state index contributed by atoms with van der Waals surface area (Å²) in [4.78, 5) is 9.22. The fourth-order valence-electron chi connectivity index (χ4n) is 4.79. The summed E-state index contributed by atoms with van der Waals surface area (Å²) < 4.78 is 2.30. The van der Waals surface area contributed by atoms with Gasteiger partial charge in [0, 0.05) is 36.8 Å². The molecule has 0 amide bonds. The normalized spacial score (nSPS) is 18.3. The van der Waals surface area contributed by atoms with Crippen molar-refractivity contribution >= 4 is 17.4 Å². The van der Waals surface area contributed by atoms with Gasteiger partial charge >= 0.3 is 0 Å². The minimum atomic E-state index is 0.420. The van der Waals surface area contributed by atoms with Crippen LogP contribution in [0.15, 0.2) is 42.6 Å². The van der Waals surface area contributed by atoms with Crippen molar-refractivity contribution in [2.45, 2.75) is 44.7 Å². The summed E-state index contributed by atoms with van der Waals surface area (Å²) in [5.41, 5.74) is 2.41. The van der Waals surface area contributed by atoms with Gasteiger partial charge in [0.1, 0.15) is 11.6 Å². The number of benzene rings is 1. The molecule has 4 heterocycles. The van der Waals surface area contributed by atoms with Gasteiger partial charge in [0.05, 0.1) is 12.2 Å². The van der Waals surface area contributed by atoms with Crippen LogP contribution in [0.4, 0.5) is 5.82 Å². The Morgan fingerprint density at radius 3 is 2.60 bits per heavy atom. The molecule has 156 valence electrons. The number of halogens is 1. The van der Waals surface area contributed by atoms with Gasteiger partial charge in [-0.25, -0.2) is 4.98 Å². The van der Waals surface area contributed by atoms with Crippen LogP contribution in [-0.4, -0.2) is 44.8 Å². The summed E-state index contributed by atoms with van der Waals surface area (Å²) in [6.45, 7) is 3.72. The first-order valence-corrected chi connectivity index (χ1v) is 11.1. The molecular weight excluding hydrogens is 396 g/mol. The molecule has 2 aromatic heterocycles. The smallest absolute Gasteiger partial charge is 0.151 e. The van der Waals surface area contributed by atoms with Crippen molar-refractivity contribution in [1.29, 1.82) is 0 Å². The molecule has 0 saturated carbocycles. The average Bonchev–Trinajstić information content (AvgIpc) is 3.05. The van der Waals surface area contributed by atoms with Crippen LogP contribution < -0.4 is 4.90 Å². The van der Waals surface area contributed by atoms with E-state index in [4.69, 9.17) is 16.7 Å². The molecular formula is C23H27ClN6. The lowest BCUT2D eigenvalue weighted by atomic mass is 9.94. The molecule has 0 radical (unpaired) electrons. The van der Waals surface area contributed by atoms with E-state index in [0.29, 0.717) is 5.92 Å². The van der Waals surface area contributed by atoms with Crippen LogP contribution >= 0.6 is 11.6 Å². The van der Waals surface area contributed by atoms with E-state index in [1.54, 1.807) is 0 Å². The Balaban J connectivity index is 1.41. The third-order valence-electron chi connectivity index (χ3n) is 6.19. The summed E-state index contributed by atoms with van der Waals surface area (Å²) in [6, 6.07) is 12.3. The van der Waals surface area contributed by atoms with Gasteiger partial charge in [0.2, 0.25) is 0 Å². The van der Waals surface area contributed by atoms with E-state index in [1.165, 1.54) is 11.3 Å². The highest BCUT2D eigenvalue weighted by molar-refractivity contribution is 6.30. The van der Waals surface area contributed by atoms with Gasteiger partial charge in [-0.1, -0.05) is 17.7 Å². The Kier molecular flexibility index (Phi) is 5.44. The predicted octanol–water partition coefficient (Wildman–Crippen LogP) is 4.43. The lowest BCUT2D eigenvalue weighted by molar-refractivity contribution is 0.315. The van der Waals surface area contributed by atoms with Crippen molar-refractivity contribution in [3.63, 3.8) is 0 Å². The summed E-state index contributed by atoms with van der Waals surface area (Å²) >= 11 is 6.30. The largest absolute Gasteiger partial charge is 0.357 e. The number of nitrogens with zero attached hydrogens (tertiary/aromatic N) is 6. The molecule has 2 aliphatic heterocycles. The lowest BCUT2D eigenvalue weighted by Gasteiger charge is -2.28. The van der Waals surface area contributed by atoms with E-state index in [0.717, 1.165) is 74.4 Å². The number of anilines is 1. The van der Waals surface area contributed by atoms with Crippen LogP contribution in [0.5, 0.6) is 0 Å². The molecule has 1 aromatic carbocycles. The van der Waals surface area contributed by atoms with E-state index in [-0.39, 0.29) is 0 Å². The van der Waals surface area contributed by atoms with Gasteiger partial charge in [0.25, 0.3) is 0 Å². The molecule has 1 saturated heterocycles. The van der Waals surface area contributed by atoms with Crippen molar-refractivity contribution in [3.05, 3.63) is 64.8 Å². The molecule has 5 rings (SSSR count). The molecule has 0 unspecified atom stereocenters. The highest BCUT2D eigenvalue weighted by Gasteiger charge is 2.27. The van der Waals surface area contributed by atoms with E-state index >= 15 is 0 Å². The number of hydrogen-bond donors (Lipinski definition) is 0. The number of fused-ring (bicyclic) bond motifs is 3. The van der Waals surface area contributed by atoms with Crippen LogP contribution in [0.2, 0.25) is 5.02 Å². The van der Waals surface area contributed by atoms with E-state index in [9.17, 15) is 0 Å². The number of hydrogen-bond acceptors (Lipinski definition) is 5. The number of aromatic nitrogens is 4. The van der Waals surface area contributed by atoms with Crippen molar-refractivity contribution < 1.29 is 0 Å². The van der Waals surface area contributed by atoms with E-state index in [1.807, 2.05) is 18.3 Å².